The molecule has 0 saturated heterocycles. The Hall–Kier alpha value is -1.65. The van der Waals surface area contributed by atoms with Gasteiger partial charge in [-0.25, -0.2) is 0 Å². The second kappa shape index (κ2) is 7.07. The number of benzene rings is 1. The zero-order chi connectivity index (χ0) is 13.5. The van der Waals surface area contributed by atoms with E-state index in [0.29, 0.717) is 13.0 Å². The van der Waals surface area contributed by atoms with E-state index in [0.717, 1.165) is 11.3 Å². The fraction of sp³-hybridized carbons (Fsp3) is 0.267. The van der Waals surface area contributed by atoms with Crippen molar-refractivity contribution in [2.24, 2.45) is 5.73 Å². The van der Waals surface area contributed by atoms with Gasteiger partial charge < -0.3 is 10.5 Å². The van der Waals surface area contributed by atoms with Crippen LogP contribution in [0.1, 0.15) is 16.9 Å². The lowest BCUT2D eigenvalue weighted by molar-refractivity contribution is -0.146. The molecule has 2 rings (SSSR count). The van der Waals surface area contributed by atoms with Crippen LogP contribution in [-0.2, 0) is 22.6 Å². The molecule has 0 fully saturated rings. The summed E-state index contributed by atoms with van der Waals surface area (Å²) in [4.78, 5) is 12.7. The number of esters is 1. The molecule has 0 aliphatic carbocycles. The predicted molar refractivity (Wildman–Crippen MR) is 76.9 cm³/mol. The van der Waals surface area contributed by atoms with Crippen LogP contribution in [0, 0.1) is 0 Å². The van der Waals surface area contributed by atoms with Gasteiger partial charge in [0, 0.05) is 4.88 Å². The Kier molecular flexibility index (Phi) is 5.12. The van der Waals surface area contributed by atoms with Gasteiger partial charge in [-0.3, -0.25) is 4.79 Å². The minimum absolute atomic E-state index is 0.315. The largest absolute Gasteiger partial charge is 0.459 e. The van der Waals surface area contributed by atoms with Crippen LogP contribution in [0.5, 0.6) is 0 Å². The minimum Gasteiger partial charge on any atom is -0.459 e. The Morgan fingerprint density at radius 1 is 1.21 bits per heavy atom. The number of nitrogens with two attached hydrogens (primary N) is 1. The number of ether oxygens (including phenoxy) is 1. The SMILES string of the molecule is N[C@@H](CCc1ccccc1)C(=O)OCc1cccs1. The lowest BCUT2D eigenvalue weighted by Crippen LogP contribution is -2.32. The van der Waals surface area contributed by atoms with Crippen molar-refractivity contribution in [3.63, 3.8) is 0 Å². The highest BCUT2D eigenvalue weighted by molar-refractivity contribution is 7.09. The molecule has 0 aliphatic heterocycles. The van der Waals surface area contributed by atoms with Crippen molar-refractivity contribution < 1.29 is 9.53 Å². The summed E-state index contributed by atoms with van der Waals surface area (Å²) in [5.41, 5.74) is 7.02. The molecular weight excluding hydrogens is 258 g/mol. The second-order valence-corrected chi connectivity index (χ2v) is 5.35. The lowest BCUT2D eigenvalue weighted by Gasteiger charge is -2.10. The van der Waals surface area contributed by atoms with E-state index in [2.05, 4.69) is 0 Å². The molecule has 100 valence electrons. The molecule has 0 spiro atoms. The van der Waals surface area contributed by atoms with Gasteiger partial charge in [0.25, 0.3) is 0 Å². The Labute approximate surface area is 117 Å². The summed E-state index contributed by atoms with van der Waals surface area (Å²) in [7, 11) is 0. The van der Waals surface area contributed by atoms with Gasteiger partial charge in [0.2, 0.25) is 0 Å². The molecule has 0 saturated carbocycles. The molecule has 0 amide bonds. The van der Waals surface area contributed by atoms with Crippen LogP contribution in [0.15, 0.2) is 47.8 Å². The molecule has 19 heavy (non-hydrogen) atoms. The molecule has 2 aromatic rings. The maximum atomic E-state index is 11.7. The van der Waals surface area contributed by atoms with Crippen molar-refractivity contribution in [3.8, 4) is 0 Å². The summed E-state index contributed by atoms with van der Waals surface area (Å²) in [5.74, 6) is -0.329. The fourth-order valence-corrected chi connectivity index (χ4v) is 2.34. The van der Waals surface area contributed by atoms with Gasteiger partial charge >= 0.3 is 5.97 Å². The van der Waals surface area contributed by atoms with E-state index in [-0.39, 0.29) is 5.97 Å². The first kappa shape index (κ1) is 13.8. The third kappa shape index (κ3) is 4.50. The highest BCUT2D eigenvalue weighted by atomic mass is 32.1. The molecule has 0 aliphatic rings. The first-order valence-electron chi connectivity index (χ1n) is 6.24. The average molecular weight is 275 g/mol. The maximum Gasteiger partial charge on any atom is 0.323 e. The summed E-state index contributed by atoms with van der Waals surface area (Å²) >= 11 is 1.57. The summed E-state index contributed by atoms with van der Waals surface area (Å²) in [6.07, 6.45) is 1.39. The van der Waals surface area contributed by atoms with Crippen LogP contribution in [0.3, 0.4) is 0 Å². The van der Waals surface area contributed by atoms with Crippen LogP contribution < -0.4 is 5.73 Å². The highest BCUT2D eigenvalue weighted by Gasteiger charge is 2.15. The van der Waals surface area contributed by atoms with E-state index >= 15 is 0 Å². The van der Waals surface area contributed by atoms with Gasteiger partial charge in [0.05, 0.1) is 0 Å². The lowest BCUT2D eigenvalue weighted by atomic mass is 10.1. The van der Waals surface area contributed by atoms with Gasteiger partial charge in [-0.2, -0.15) is 0 Å². The summed E-state index contributed by atoms with van der Waals surface area (Å²) in [5, 5.41) is 1.96. The molecule has 4 heteroatoms. The van der Waals surface area contributed by atoms with E-state index in [1.807, 2.05) is 47.8 Å². The predicted octanol–water partition coefficient (Wildman–Crippen LogP) is 2.75. The van der Waals surface area contributed by atoms with E-state index < -0.39 is 6.04 Å². The Morgan fingerprint density at radius 2 is 2.00 bits per heavy atom. The number of thiophene rings is 1. The van der Waals surface area contributed by atoms with Crippen molar-refractivity contribution in [3.05, 3.63) is 58.3 Å². The van der Waals surface area contributed by atoms with Gasteiger partial charge in [-0.15, -0.1) is 11.3 Å². The topological polar surface area (TPSA) is 52.3 Å². The molecular formula is C15H17NO2S. The molecule has 2 N–H and O–H groups in total. The average Bonchev–Trinajstić information content (AvgIpc) is 2.96. The first-order valence-corrected chi connectivity index (χ1v) is 7.12. The molecule has 1 aromatic heterocycles. The van der Waals surface area contributed by atoms with Crippen LogP contribution >= 0.6 is 11.3 Å². The van der Waals surface area contributed by atoms with Gasteiger partial charge in [0.1, 0.15) is 12.6 Å². The van der Waals surface area contributed by atoms with Crippen LogP contribution in [0.4, 0.5) is 0 Å². The number of hydrogen-bond acceptors (Lipinski definition) is 4. The zero-order valence-electron chi connectivity index (χ0n) is 10.6. The van der Waals surface area contributed by atoms with Crippen molar-refractivity contribution in [2.75, 3.05) is 0 Å². The quantitative estimate of drug-likeness (QED) is 0.825. The third-order valence-electron chi connectivity index (χ3n) is 2.83. The van der Waals surface area contributed by atoms with Crippen LogP contribution in [0.25, 0.3) is 0 Å². The number of aryl methyl sites for hydroxylation is 1. The smallest absolute Gasteiger partial charge is 0.323 e. The molecule has 1 atom stereocenters. The summed E-state index contributed by atoms with van der Waals surface area (Å²) < 4.78 is 5.18. The molecule has 0 radical (unpaired) electrons. The maximum absolute atomic E-state index is 11.7. The van der Waals surface area contributed by atoms with Crippen molar-refractivity contribution in [1.82, 2.24) is 0 Å². The highest BCUT2D eigenvalue weighted by Crippen LogP contribution is 2.11. The van der Waals surface area contributed by atoms with Crippen LogP contribution in [0.2, 0.25) is 0 Å². The molecule has 0 bridgehead atoms. The van der Waals surface area contributed by atoms with Crippen LogP contribution in [-0.4, -0.2) is 12.0 Å². The molecule has 3 nitrogen and oxygen atoms in total. The Morgan fingerprint density at radius 3 is 2.68 bits per heavy atom. The monoisotopic (exact) mass is 275 g/mol. The van der Waals surface area contributed by atoms with Gasteiger partial charge in [0.15, 0.2) is 0 Å². The number of carbonyl (C=O) groups excluding carboxylic acids is 1. The Bertz CT molecular complexity index is 496. The number of carbonyl (C=O) groups is 1. The Balaban J connectivity index is 1.73. The first-order chi connectivity index (χ1) is 9.25. The molecule has 1 heterocycles. The van der Waals surface area contributed by atoms with E-state index in [1.165, 1.54) is 5.56 Å². The van der Waals surface area contributed by atoms with Gasteiger partial charge in [-0.05, 0) is 29.9 Å². The minimum atomic E-state index is -0.555. The van der Waals surface area contributed by atoms with Crippen molar-refractivity contribution in [1.29, 1.82) is 0 Å². The zero-order valence-corrected chi connectivity index (χ0v) is 11.4. The summed E-state index contributed by atoms with van der Waals surface area (Å²) in [6, 6.07) is 13.3. The molecule has 0 unspecified atom stereocenters. The molecule has 1 aromatic carbocycles. The second-order valence-electron chi connectivity index (χ2n) is 4.32. The van der Waals surface area contributed by atoms with E-state index in [9.17, 15) is 4.79 Å². The van der Waals surface area contributed by atoms with E-state index in [1.54, 1.807) is 11.3 Å². The normalized spacial score (nSPS) is 12.1. The number of hydrogen-bond donors (Lipinski definition) is 1. The van der Waals surface area contributed by atoms with Crippen molar-refractivity contribution in [2.45, 2.75) is 25.5 Å². The van der Waals surface area contributed by atoms with Gasteiger partial charge in [-0.1, -0.05) is 36.4 Å². The summed E-state index contributed by atoms with van der Waals surface area (Å²) in [6.45, 7) is 0.315. The van der Waals surface area contributed by atoms with E-state index in [4.69, 9.17) is 10.5 Å². The van der Waals surface area contributed by atoms with Crippen molar-refractivity contribution >= 4 is 17.3 Å². The third-order valence-corrected chi connectivity index (χ3v) is 3.68. The number of rotatable bonds is 6. The fourth-order valence-electron chi connectivity index (χ4n) is 1.73. The standard InChI is InChI=1S/C15H17NO2S/c16-14(9-8-12-5-2-1-3-6-12)15(17)18-11-13-7-4-10-19-13/h1-7,10,14H,8-9,11,16H2/t14-/m0/s1.